The van der Waals surface area contributed by atoms with Gasteiger partial charge in [-0.25, -0.2) is 9.59 Å². The van der Waals surface area contributed by atoms with Gasteiger partial charge in [-0.1, -0.05) is 6.07 Å². The summed E-state index contributed by atoms with van der Waals surface area (Å²) < 4.78 is 0. The van der Waals surface area contributed by atoms with Gasteiger partial charge in [-0.05, 0) is 31.0 Å². The van der Waals surface area contributed by atoms with E-state index in [0.717, 1.165) is 5.06 Å². The standard InChI is InChI=1S/C20H22N2O9/c1-12-10-13(6-7-14(12)15(24)11-23)20(29)31-21(2)16(25)4-3-5-19(28)30-22-17(26)8-9-18(22)27/h6-7,10,23H,3-5,8-9,11H2,1-2H3. The maximum atomic E-state index is 12.2. The molecular weight excluding hydrogens is 412 g/mol. The second kappa shape index (κ2) is 10.4. The molecular formula is C20H22N2O9. The molecule has 0 unspecified atom stereocenters. The largest absolute Gasteiger partial charge is 0.388 e. The molecule has 0 radical (unpaired) electrons. The summed E-state index contributed by atoms with van der Waals surface area (Å²) in [6.07, 6.45) is -0.345. The van der Waals surface area contributed by atoms with Crippen molar-refractivity contribution in [3.8, 4) is 0 Å². The van der Waals surface area contributed by atoms with Crippen molar-refractivity contribution in [1.82, 2.24) is 10.1 Å². The minimum Gasteiger partial charge on any atom is -0.388 e. The van der Waals surface area contributed by atoms with Gasteiger partial charge < -0.3 is 14.8 Å². The molecule has 0 atom stereocenters. The molecule has 31 heavy (non-hydrogen) atoms. The van der Waals surface area contributed by atoms with Crippen LogP contribution in [0.4, 0.5) is 0 Å². The molecule has 1 heterocycles. The number of hydroxylamine groups is 4. The summed E-state index contributed by atoms with van der Waals surface area (Å²) in [5.41, 5.74) is 0.846. The first-order valence-corrected chi connectivity index (χ1v) is 9.44. The summed E-state index contributed by atoms with van der Waals surface area (Å²) >= 11 is 0. The fourth-order valence-corrected chi connectivity index (χ4v) is 2.76. The zero-order valence-electron chi connectivity index (χ0n) is 17.1. The monoisotopic (exact) mass is 434 g/mol. The zero-order chi connectivity index (χ0) is 23.1. The summed E-state index contributed by atoms with van der Waals surface area (Å²) in [5, 5.41) is 10.1. The predicted octanol–water partition coefficient (Wildman–Crippen LogP) is 0.478. The lowest BCUT2D eigenvalue weighted by atomic mass is 10.0. The van der Waals surface area contributed by atoms with Crippen LogP contribution in [0.3, 0.4) is 0 Å². The molecule has 1 saturated heterocycles. The first-order valence-electron chi connectivity index (χ1n) is 9.44. The van der Waals surface area contributed by atoms with E-state index in [1.807, 2.05) is 0 Å². The smallest absolute Gasteiger partial charge is 0.363 e. The number of carbonyl (C=O) groups excluding carboxylic acids is 6. The van der Waals surface area contributed by atoms with Gasteiger partial charge in [-0.2, -0.15) is 5.06 Å². The average molecular weight is 434 g/mol. The molecule has 1 fully saturated rings. The van der Waals surface area contributed by atoms with Crippen LogP contribution in [0.25, 0.3) is 0 Å². The highest BCUT2D eigenvalue weighted by atomic mass is 16.7. The number of hydrogen-bond acceptors (Lipinski definition) is 9. The summed E-state index contributed by atoms with van der Waals surface area (Å²) in [6.45, 7) is 0.941. The number of hydrogen-bond donors (Lipinski definition) is 1. The van der Waals surface area contributed by atoms with Crippen LogP contribution < -0.4 is 0 Å². The van der Waals surface area contributed by atoms with Crippen LogP contribution in [0.2, 0.25) is 0 Å². The Bertz CT molecular complexity index is 909. The normalized spacial score (nSPS) is 13.2. The number of benzene rings is 1. The van der Waals surface area contributed by atoms with Crippen LogP contribution in [0.15, 0.2) is 18.2 Å². The number of Topliss-reactive ketones (excluding diaryl/α,β-unsaturated/α-hetero) is 1. The molecule has 1 N–H and O–H groups in total. The third-order valence-corrected chi connectivity index (χ3v) is 4.45. The minimum absolute atomic E-state index is 0.0131. The van der Waals surface area contributed by atoms with Crippen molar-refractivity contribution in [3.63, 3.8) is 0 Å². The quantitative estimate of drug-likeness (QED) is 0.350. The van der Waals surface area contributed by atoms with Crippen molar-refractivity contribution >= 4 is 35.4 Å². The molecule has 0 aliphatic carbocycles. The van der Waals surface area contributed by atoms with E-state index < -0.39 is 42.1 Å². The lowest BCUT2D eigenvalue weighted by molar-refractivity contribution is -0.197. The molecule has 1 aromatic rings. The molecule has 0 saturated carbocycles. The topological polar surface area (TPSA) is 148 Å². The SMILES string of the molecule is Cc1cc(C(=O)ON(C)C(=O)CCCC(=O)ON2C(=O)CCC2=O)ccc1C(=O)CO. The molecule has 0 bridgehead atoms. The van der Waals surface area contributed by atoms with Crippen LogP contribution in [-0.2, 0) is 28.9 Å². The minimum atomic E-state index is -0.830. The fraction of sp³-hybridized carbons (Fsp3) is 0.400. The molecule has 0 aromatic heterocycles. The van der Waals surface area contributed by atoms with Gasteiger partial charge in [0.2, 0.25) is 0 Å². The van der Waals surface area contributed by atoms with E-state index in [2.05, 4.69) is 0 Å². The maximum Gasteiger partial charge on any atom is 0.363 e. The fourth-order valence-electron chi connectivity index (χ4n) is 2.76. The highest BCUT2D eigenvalue weighted by Gasteiger charge is 2.32. The number of aliphatic hydroxyl groups is 1. The Hall–Kier alpha value is -3.60. The Balaban J connectivity index is 1.80. The Morgan fingerprint density at radius 1 is 1.10 bits per heavy atom. The van der Waals surface area contributed by atoms with Gasteiger partial charge in [-0.3, -0.25) is 19.2 Å². The zero-order valence-corrected chi connectivity index (χ0v) is 17.1. The third-order valence-electron chi connectivity index (χ3n) is 4.45. The van der Waals surface area contributed by atoms with Gasteiger partial charge in [0.05, 0.1) is 5.56 Å². The predicted molar refractivity (Wildman–Crippen MR) is 102 cm³/mol. The van der Waals surface area contributed by atoms with Crippen LogP contribution in [0.1, 0.15) is 58.4 Å². The Morgan fingerprint density at radius 3 is 2.32 bits per heavy atom. The molecule has 1 aromatic carbocycles. The Kier molecular flexibility index (Phi) is 7.97. The van der Waals surface area contributed by atoms with E-state index in [4.69, 9.17) is 14.8 Å². The molecule has 11 nitrogen and oxygen atoms in total. The van der Waals surface area contributed by atoms with E-state index in [1.165, 1.54) is 25.2 Å². The van der Waals surface area contributed by atoms with Crippen molar-refractivity contribution in [2.24, 2.45) is 0 Å². The number of aliphatic hydroxyl groups excluding tert-OH is 1. The van der Waals surface area contributed by atoms with Crippen LogP contribution in [0.5, 0.6) is 0 Å². The van der Waals surface area contributed by atoms with E-state index >= 15 is 0 Å². The Morgan fingerprint density at radius 2 is 1.74 bits per heavy atom. The van der Waals surface area contributed by atoms with E-state index in [-0.39, 0.29) is 43.2 Å². The van der Waals surface area contributed by atoms with Gasteiger partial charge in [0.15, 0.2) is 5.78 Å². The average Bonchev–Trinajstić information content (AvgIpc) is 3.04. The lowest BCUT2D eigenvalue weighted by Gasteiger charge is -2.17. The van der Waals surface area contributed by atoms with Gasteiger partial charge in [-0.15, -0.1) is 5.06 Å². The highest BCUT2D eigenvalue weighted by molar-refractivity contribution is 6.01. The van der Waals surface area contributed by atoms with E-state index in [0.29, 0.717) is 10.6 Å². The van der Waals surface area contributed by atoms with Crippen LogP contribution in [0, 0.1) is 6.92 Å². The molecule has 166 valence electrons. The van der Waals surface area contributed by atoms with Gasteiger partial charge in [0.25, 0.3) is 17.7 Å². The molecule has 11 heteroatoms. The number of aryl methyl sites for hydroxylation is 1. The molecule has 3 amide bonds. The van der Waals surface area contributed by atoms with Gasteiger partial charge in [0, 0.05) is 38.3 Å². The van der Waals surface area contributed by atoms with Crippen molar-refractivity contribution in [2.75, 3.05) is 13.7 Å². The van der Waals surface area contributed by atoms with Crippen molar-refractivity contribution in [2.45, 2.75) is 39.0 Å². The summed E-state index contributed by atoms with van der Waals surface area (Å²) in [5.74, 6) is -3.91. The van der Waals surface area contributed by atoms with E-state index in [1.54, 1.807) is 6.92 Å². The summed E-state index contributed by atoms with van der Waals surface area (Å²) in [7, 11) is 1.23. The molecule has 2 rings (SSSR count). The number of rotatable bonds is 8. The van der Waals surface area contributed by atoms with Gasteiger partial charge in [0.1, 0.15) is 6.61 Å². The summed E-state index contributed by atoms with van der Waals surface area (Å²) in [4.78, 5) is 80.0. The Labute approximate surface area is 177 Å². The van der Waals surface area contributed by atoms with Crippen molar-refractivity contribution in [3.05, 3.63) is 34.9 Å². The molecule has 1 aliphatic heterocycles. The van der Waals surface area contributed by atoms with Crippen molar-refractivity contribution in [1.29, 1.82) is 0 Å². The van der Waals surface area contributed by atoms with Crippen LogP contribution in [-0.4, -0.2) is 64.3 Å². The van der Waals surface area contributed by atoms with Crippen LogP contribution >= 0.6 is 0 Å². The van der Waals surface area contributed by atoms with Gasteiger partial charge >= 0.3 is 11.9 Å². The number of carbonyl (C=O) groups is 6. The lowest BCUT2D eigenvalue weighted by Crippen LogP contribution is -2.32. The second-order valence-corrected chi connectivity index (χ2v) is 6.78. The number of imide groups is 1. The number of amides is 3. The maximum absolute atomic E-state index is 12.2. The number of ketones is 1. The third kappa shape index (κ3) is 6.19. The van der Waals surface area contributed by atoms with Crippen molar-refractivity contribution < 1.29 is 43.5 Å². The molecule has 0 spiro atoms. The second-order valence-electron chi connectivity index (χ2n) is 6.78. The summed E-state index contributed by atoms with van der Waals surface area (Å²) in [6, 6.07) is 4.13. The first kappa shape index (κ1) is 23.7. The number of nitrogens with zero attached hydrogens (tertiary/aromatic N) is 2. The highest BCUT2D eigenvalue weighted by Crippen LogP contribution is 2.15. The first-order chi connectivity index (χ1) is 14.6. The molecule has 1 aliphatic rings. The van der Waals surface area contributed by atoms with E-state index in [9.17, 15) is 28.8 Å².